The Morgan fingerprint density at radius 2 is 2.28 bits per heavy atom. The lowest BCUT2D eigenvalue weighted by Crippen LogP contribution is -2.21. The van der Waals surface area contributed by atoms with Crippen LogP contribution in [0.2, 0.25) is 0 Å². The van der Waals surface area contributed by atoms with Crippen LogP contribution in [-0.2, 0) is 13.6 Å². The van der Waals surface area contributed by atoms with Gasteiger partial charge in [0, 0.05) is 0 Å². The predicted octanol–water partition coefficient (Wildman–Crippen LogP) is 0.338. The van der Waals surface area contributed by atoms with Crippen molar-refractivity contribution in [1.29, 1.82) is 0 Å². The van der Waals surface area contributed by atoms with E-state index in [0.717, 1.165) is 11.1 Å². The molecule has 0 aliphatic heterocycles. The van der Waals surface area contributed by atoms with Gasteiger partial charge >= 0.3 is 0 Å². The summed E-state index contributed by atoms with van der Waals surface area (Å²) in [6.45, 7) is 2.23. The fourth-order valence-corrected chi connectivity index (χ4v) is 2.66. The maximum atomic E-state index is 12.2. The van der Waals surface area contributed by atoms with Crippen LogP contribution in [0.5, 0.6) is 0 Å². The summed E-state index contributed by atoms with van der Waals surface area (Å²) in [5.74, 6) is 0.494. The van der Waals surface area contributed by atoms with E-state index in [4.69, 9.17) is 0 Å². The molecule has 0 aromatic carbocycles. The molecule has 0 unspecified atom stereocenters. The zero-order valence-electron chi connectivity index (χ0n) is 9.86. The first kappa shape index (κ1) is 11.0. The minimum absolute atomic E-state index is 0.0643. The van der Waals surface area contributed by atoms with E-state index in [2.05, 4.69) is 20.4 Å². The van der Waals surface area contributed by atoms with E-state index in [1.165, 1.54) is 27.0 Å². The molecule has 0 N–H and O–H groups in total. The van der Waals surface area contributed by atoms with E-state index in [1.807, 2.05) is 12.3 Å². The van der Waals surface area contributed by atoms with Crippen molar-refractivity contribution in [3.8, 4) is 0 Å². The van der Waals surface area contributed by atoms with Crippen LogP contribution in [0, 0.1) is 6.92 Å². The van der Waals surface area contributed by atoms with Crippen LogP contribution in [0.15, 0.2) is 16.5 Å². The van der Waals surface area contributed by atoms with E-state index in [-0.39, 0.29) is 12.1 Å². The minimum Gasteiger partial charge on any atom is -0.290 e. The Labute approximate surface area is 106 Å². The second-order valence-electron chi connectivity index (χ2n) is 3.97. The molecule has 0 aliphatic rings. The van der Waals surface area contributed by atoms with Crippen molar-refractivity contribution in [1.82, 2.24) is 29.8 Å². The highest BCUT2D eigenvalue weighted by Gasteiger charge is 2.10. The van der Waals surface area contributed by atoms with Crippen molar-refractivity contribution in [2.45, 2.75) is 13.5 Å². The molecular formula is C10H10N6OS. The second-order valence-corrected chi connectivity index (χ2v) is 4.85. The zero-order valence-corrected chi connectivity index (χ0v) is 10.7. The number of fused-ring (bicyclic) bond motifs is 1. The van der Waals surface area contributed by atoms with Gasteiger partial charge in [0.2, 0.25) is 0 Å². The Kier molecular flexibility index (Phi) is 2.44. The van der Waals surface area contributed by atoms with Crippen molar-refractivity contribution < 1.29 is 0 Å². The molecule has 0 radical (unpaired) electrons. The molecule has 0 saturated heterocycles. The summed E-state index contributed by atoms with van der Waals surface area (Å²) in [7, 11) is 1.68. The average molecular weight is 262 g/mol. The first-order valence-corrected chi connectivity index (χ1v) is 6.19. The molecule has 18 heavy (non-hydrogen) atoms. The van der Waals surface area contributed by atoms with Gasteiger partial charge in [0.25, 0.3) is 5.56 Å². The van der Waals surface area contributed by atoms with Crippen LogP contribution in [0.4, 0.5) is 0 Å². The van der Waals surface area contributed by atoms with Crippen molar-refractivity contribution >= 4 is 21.6 Å². The molecule has 0 amide bonds. The Hall–Kier alpha value is -2.09. The average Bonchev–Trinajstić information content (AvgIpc) is 2.91. The first-order chi connectivity index (χ1) is 8.65. The summed E-state index contributed by atoms with van der Waals surface area (Å²) >= 11 is 1.41. The minimum atomic E-state index is -0.0643. The van der Waals surface area contributed by atoms with Gasteiger partial charge in [0.05, 0.1) is 25.4 Å². The number of thiophene rings is 1. The van der Waals surface area contributed by atoms with E-state index >= 15 is 0 Å². The molecule has 3 aromatic heterocycles. The summed E-state index contributed by atoms with van der Waals surface area (Å²) < 4.78 is 2.16. The van der Waals surface area contributed by atoms with Crippen molar-refractivity contribution in [2.24, 2.45) is 7.05 Å². The molecule has 7 nitrogen and oxygen atoms in total. The number of rotatable bonds is 2. The molecule has 0 atom stereocenters. The fourth-order valence-electron chi connectivity index (χ4n) is 1.71. The quantitative estimate of drug-likeness (QED) is 0.665. The summed E-state index contributed by atoms with van der Waals surface area (Å²) in [6.07, 6.45) is 1.53. The Morgan fingerprint density at radius 1 is 1.44 bits per heavy atom. The van der Waals surface area contributed by atoms with Gasteiger partial charge in [-0.05, 0) is 23.1 Å². The number of aromatic nitrogens is 6. The van der Waals surface area contributed by atoms with Crippen LogP contribution in [-0.4, -0.2) is 29.8 Å². The van der Waals surface area contributed by atoms with Gasteiger partial charge in [-0.3, -0.25) is 9.36 Å². The maximum Gasteiger partial charge on any atom is 0.271 e. The van der Waals surface area contributed by atoms with Crippen LogP contribution in [0.3, 0.4) is 0 Å². The summed E-state index contributed by atoms with van der Waals surface area (Å²) in [5.41, 5.74) is 1.73. The molecule has 8 heteroatoms. The lowest BCUT2D eigenvalue weighted by Gasteiger charge is -2.01. The van der Waals surface area contributed by atoms with Crippen LogP contribution < -0.4 is 5.56 Å². The third-order valence-electron chi connectivity index (χ3n) is 2.58. The fraction of sp³-hybridized carbons (Fsp3) is 0.300. The van der Waals surface area contributed by atoms with Crippen molar-refractivity contribution in [3.05, 3.63) is 33.4 Å². The summed E-state index contributed by atoms with van der Waals surface area (Å²) in [5, 5.41) is 13.6. The molecule has 0 saturated carbocycles. The lowest BCUT2D eigenvalue weighted by molar-refractivity contribution is 0.623. The SMILES string of the molecule is Cc1csc2c(=O)n(Cc3nnn(C)n3)cnc12. The third-order valence-corrected chi connectivity index (χ3v) is 3.66. The summed E-state index contributed by atoms with van der Waals surface area (Å²) in [4.78, 5) is 17.9. The highest BCUT2D eigenvalue weighted by atomic mass is 32.1. The van der Waals surface area contributed by atoms with Crippen LogP contribution in [0.25, 0.3) is 10.2 Å². The van der Waals surface area contributed by atoms with E-state index in [0.29, 0.717) is 10.5 Å². The smallest absolute Gasteiger partial charge is 0.271 e. The van der Waals surface area contributed by atoms with Gasteiger partial charge < -0.3 is 0 Å². The lowest BCUT2D eigenvalue weighted by atomic mass is 10.3. The predicted molar refractivity (Wildman–Crippen MR) is 66.5 cm³/mol. The third kappa shape index (κ3) is 1.70. The van der Waals surface area contributed by atoms with Crippen molar-refractivity contribution in [2.75, 3.05) is 0 Å². The standard InChI is InChI=1S/C10H10N6OS/c1-6-4-18-9-8(6)11-5-16(10(9)17)3-7-12-14-15(2)13-7/h4-5H,3H2,1-2H3. The van der Waals surface area contributed by atoms with Gasteiger partial charge in [-0.2, -0.15) is 4.80 Å². The van der Waals surface area contributed by atoms with E-state index in [1.54, 1.807) is 7.05 Å². The number of aryl methyl sites for hydroxylation is 2. The molecule has 3 rings (SSSR count). The summed E-state index contributed by atoms with van der Waals surface area (Å²) in [6, 6.07) is 0. The van der Waals surface area contributed by atoms with Gasteiger partial charge in [-0.1, -0.05) is 0 Å². The normalized spacial score (nSPS) is 11.2. The van der Waals surface area contributed by atoms with E-state index < -0.39 is 0 Å². The molecule has 92 valence electrons. The topological polar surface area (TPSA) is 78.5 Å². The van der Waals surface area contributed by atoms with Gasteiger partial charge in [-0.15, -0.1) is 21.5 Å². The largest absolute Gasteiger partial charge is 0.290 e. The number of hydrogen-bond donors (Lipinski definition) is 0. The maximum absolute atomic E-state index is 12.2. The second kappa shape index (κ2) is 3.98. The number of nitrogens with zero attached hydrogens (tertiary/aromatic N) is 6. The van der Waals surface area contributed by atoms with Gasteiger partial charge in [0.1, 0.15) is 4.70 Å². The van der Waals surface area contributed by atoms with Crippen molar-refractivity contribution in [3.63, 3.8) is 0 Å². The highest BCUT2D eigenvalue weighted by molar-refractivity contribution is 7.17. The van der Waals surface area contributed by atoms with Gasteiger partial charge in [0.15, 0.2) is 5.82 Å². The van der Waals surface area contributed by atoms with Gasteiger partial charge in [-0.25, -0.2) is 4.98 Å². The van der Waals surface area contributed by atoms with E-state index in [9.17, 15) is 4.79 Å². The zero-order chi connectivity index (χ0) is 12.7. The Balaban J connectivity index is 2.07. The van der Waals surface area contributed by atoms with Crippen LogP contribution in [0.1, 0.15) is 11.4 Å². The Bertz CT molecular complexity index is 770. The molecular weight excluding hydrogens is 252 g/mol. The first-order valence-electron chi connectivity index (χ1n) is 5.31. The molecule has 0 aliphatic carbocycles. The molecule has 0 fully saturated rings. The highest BCUT2D eigenvalue weighted by Crippen LogP contribution is 2.19. The monoisotopic (exact) mass is 262 g/mol. The number of hydrogen-bond acceptors (Lipinski definition) is 6. The Morgan fingerprint density at radius 3 is 3.00 bits per heavy atom. The number of tetrazole rings is 1. The molecule has 0 spiro atoms. The molecule has 0 bridgehead atoms. The molecule has 3 heterocycles. The van der Waals surface area contributed by atoms with Crippen LogP contribution >= 0.6 is 11.3 Å². The molecule has 3 aromatic rings.